The predicted molar refractivity (Wildman–Crippen MR) is 101 cm³/mol. The number of carbonyl (C=O) groups excluding carboxylic acids is 1. The highest BCUT2D eigenvalue weighted by atomic mass is 16.4. The Balaban J connectivity index is 1.89. The van der Waals surface area contributed by atoms with Gasteiger partial charge >= 0.3 is 5.97 Å². The molecule has 4 heteroatoms. The molecule has 4 nitrogen and oxygen atoms in total. The highest BCUT2D eigenvalue weighted by Gasteiger charge is 2.31. The van der Waals surface area contributed by atoms with Gasteiger partial charge in [0.2, 0.25) is 5.91 Å². The van der Waals surface area contributed by atoms with E-state index < -0.39 is 5.97 Å². The Labute approximate surface area is 151 Å². The smallest absolute Gasteiger partial charge is 0.303 e. The SMILES string of the molecule is CC(C)(C)c1ccc(N2C(=O)CC[C@@H]2CCCCCCC(=O)O)cc1. The molecule has 0 aliphatic carbocycles. The van der Waals surface area contributed by atoms with Gasteiger partial charge in [-0.3, -0.25) is 9.59 Å². The van der Waals surface area contributed by atoms with Gasteiger partial charge in [0.05, 0.1) is 0 Å². The number of rotatable bonds is 8. The molecule has 1 fully saturated rings. The third-order valence-corrected chi connectivity index (χ3v) is 5.01. The molecule has 0 unspecified atom stereocenters. The summed E-state index contributed by atoms with van der Waals surface area (Å²) in [4.78, 5) is 24.8. The van der Waals surface area contributed by atoms with Gasteiger partial charge in [0.15, 0.2) is 0 Å². The second kappa shape index (κ2) is 8.50. The molecule has 1 heterocycles. The topological polar surface area (TPSA) is 57.6 Å². The van der Waals surface area contributed by atoms with Crippen LogP contribution in [0.2, 0.25) is 0 Å². The number of carboxylic acid groups (broad SMARTS) is 1. The number of hydrogen-bond donors (Lipinski definition) is 1. The summed E-state index contributed by atoms with van der Waals surface area (Å²) in [5.41, 5.74) is 2.40. The quantitative estimate of drug-likeness (QED) is 0.681. The Bertz CT molecular complexity index is 586. The fourth-order valence-corrected chi connectivity index (χ4v) is 3.50. The summed E-state index contributed by atoms with van der Waals surface area (Å²) >= 11 is 0. The summed E-state index contributed by atoms with van der Waals surface area (Å²) in [5, 5.41) is 8.66. The van der Waals surface area contributed by atoms with E-state index in [-0.39, 0.29) is 23.8 Å². The Morgan fingerprint density at radius 2 is 1.76 bits per heavy atom. The highest BCUT2D eigenvalue weighted by Crippen LogP contribution is 2.31. The van der Waals surface area contributed by atoms with Gasteiger partial charge in [-0.25, -0.2) is 0 Å². The molecule has 0 spiro atoms. The van der Waals surface area contributed by atoms with Gasteiger partial charge in [0.25, 0.3) is 0 Å². The second-order valence-corrected chi connectivity index (χ2v) is 8.10. The van der Waals surface area contributed by atoms with Crippen LogP contribution in [-0.4, -0.2) is 23.0 Å². The molecule has 1 aliphatic heterocycles. The van der Waals surface area contributed by atoms with E-state index in [0.29, 0.717) is 6.42 Å². The lowest BCUT2D eigenvalue weighted by Gasteiger charge is -2.26. The van der Waals surface area contributed by atoms with E-state index >= 15 is 0 Å². The largest absolute Gasteiger partial charge is 0.481 e. The van der Waals surface area contributed by atoms with Gasteiger partial charge < -0.3 is 10.0 Å². The summed E-state index contributed by atoms with van der Waals surface area (Å²) in [6, 6.07) is 8.69. The van der Waals surface area contributed by atoms with E-state index in [1.807, 2.05) is 4.90 Å². The lowest BCUT2D eigenvalue weighted by atomic mass is 9.87. The van der Waals surface area contributed by atoms with Crippen molar-refractivity contribution in [2.75, 3.05) is 4.90 Å². The van der Waals surface area contributed by atoms with E-state index in [9.17, 15) is 9.59 Å². The minimum absolute atomic E-state index is 0.114. The molecule has 2 rings (SSSR count). The fourth-order valence-electron chi connectivity index (χ4n) is 3.50. The zero-order valence-electron chi connectivity index (χ0n) is 15.8. The molecule has 1 aliphatic rings. The summed E-state index contributed by atoms with van der Waals surface area (Å²) in [5.74, 6) is -0.495. The van der Waals surface area contributed by atoms with Crippen molar-refractivity contribution in [3.05, 3.63) is 29.8 Å². The van der Waals surface area contributed by atoms with Crippen LogP contribution < -0.4 is 4.90 Å². The van der Waals surface area contributed by atoms with Crippen LogP contribution in [0.25, 0.3) is 0 Å². The molecular weight excluding hydrogens is 314 g/mol. The maximum absolute atomic E-state index is 12.3. The molecule has 1 aromatic rings. The number of carboxylic acids is 1. The van der Waals surface area contributed by atoms with Gasteiger partial charge in [-0.05, 0) is 42.4 Å². The first-order chi connectivity index (χ1) is 11.8. The zero-order valence-corrected chi connectivity index (χ0v) is 15.8. The molecule has 1 atom stereocenters. The molecular formula is C21H31NO3. The van der Waals surface area contributed by atoms with Gasteiger partial charge in [0.1, 0.15) is 0 Å². The van der Waals surface area contributed by atoms with Crippen molar-refractivity contribution in [2.24, 2.45) is 0 Å². The van der Waals surface area contributed by atoms with E-state index in [4.69, 9.17) is 5.11 Å². The Kier molecular flexibility index (Phi) is 6.63. The van der Waals surface area contributed by atoms with Crippen LogP contribution >= 0.6 is 0 Å². The number of nitrogens with zero attached hydrogens (tertiary/aromatic N) is 1. The summed E-state index contributed by atoms with van der Waals surface area (Å²) in [6.07, 6.45) is 6.60. The second-order valence-electron chi connectivity index (χ2n) is 8.10. The van der Waals surface area contributed by atoms with Crippen LogP contribution in [-0.2, 0) is 15.0 Å². The minimum Gasteiger partial charge on any atom is -0.481 e. The first-order valence-electron chi connectivity index (χ1n) is 9.43. The zero-order chi connectivity index (χ0) is 18.4. The number of unbranched alkanes of at least 4 members (excludes halogenated alkanes) is 3. The van der Waals surface area contributed by atoms with Crippen molar-refractivity contribution in [3.8, 4) is 0 Å². The van der Waals surface area contributed by atoms with Crippen LogP contribution in [0, 0.1) is 0 Å². The van der Waals surface area contributed by atoms with Crippen LogP contribution in [0.1, 0.15) is 77.7 Å². The molecule has 0 saturated carbocycles. The lowest BCUT2D eigenvalue weighted by molar-refractivity contribution is -0.137. The third-order valence-electron chi connectivity index (χ3n) is 5.01. The van der Waals surface area contributed by atoms with Crippen molar-refractivity contribution in [1.82, 2.24) is 0 Å². The number of hydrogen-bond acceptors (Lipinski definition) is 2. The normalized spacial score (nSPS) is 18.0. The monoisotopic (exact) mass is 345 g/mol. The molecule has 0 bridgehead atoms. The van der Waals surface area contributed by atoms with Crippen molar-refractivity contribution in [3.63, 3.8) is 0 Å². The molecule has 1 saturated heterocycles. The Hall–Kier alpha value is -1.84. The van der Waals surface area contributed by atoms with Crippen LogP contribution in [0.3, 0.4) is 0 Å². The average molecular weight is 345 g/mol. The average Bonchev–Trinajstić information content (AvgIpc) is 2.90. The van der Waals surface area contributed by atoms with E-state index in [1.54, 1.807) is 0 Å². The molecule has 1 amide bonds. The molecule has 1 aromatic carbocycles. The van der Waals surface area contributed by atoms with Crippen LogP contribution in [0.15, 0.2) is 24.3 Å². The number of carbonyl (C=O) groups is 2. The number of benzene rings is 1. The van der Waals surface area contributed by atoms with Crippen molar-refractivity contribution in [1.29, 1.82) is 0 Å². The van der Waals surface area contributed by atoms with Crippen molar-refractivity contribution >= 4 is 17.6 Å². The van der Waals surface area contributed by atoms with Gasteiger partial charge in [0, 0.05) is 24.6 Å². The standard InChI is InChI=1S/C21H31NO3/c1-21(2,3)16-10-12-18(13-11-16)22-17(14-15-19(22)23)8-6-4-5-7-9-20(24)25/h10-13,17H,4-9,14-15H2,1-3H3,(H,24,25)/t17-/m0/s1. The fraction of sp³-hybridized carbons (Fsp3) is 0.619. The number of aliphatic carboxylic acids is 1. The first-order valence-corrected chi connectivity index (χ1v) is 9.43. The van der Waals surface area contributed by atoms with Gasteiger partial charge in [-0.2, -0.15) is 0 Å². The van der Waals surface area contributed by atoms with Crippen LogP contribution in [0.4, 0.5) is 5.69 Å². The summed E-state index contributed by atoms with van der Waals surface area (Å²) < 4.78 is 0. The number of amides is 1. The van der Waals surface area contributed by atoms with Gasteiger partial charge in [-0.1, -0.05) is 52.2 Å². The van der Waals surface area contributed by atoms with E-state index in [0.717, 1.165) is 44.2 Å². The van der Waals surface area contributed by atoms with E-state index in [2.05, 4.69) is 45.0 Å². The Morgan fingerprint density at radius 3 is 2.36 bits per heavy atom. The maximum Gasteiger partial charge on any atom is 0.303 e. The first kappa shape index (κ1) is 19.5. The molecule has 25 heavy (non-hydrogen) atoms. The molecule has 138 valence electrons. The molecule has 0 radical (unpaired) electrons. The predicted octanol–water partition coefficient (Wildman–Crippen LogP) is 4.90. The maximum atomic E-state index is 12.3. The van der Waals surface area contributed by atoms with Gasteiger partial charge in [-0.15, -0.1) is 0 Å². The molecule has 1 N–H and O–H groups in total. The summed E-state index contributed by atoms with van der Waals surface area (Å²) in [7, 11) is 0. The molecule has 0 aromatic heterocycles. The minimum atomic E-state index is -0.716. The number of anilines is 1. The lowest BCUT2D eigenvalue weighted by Crippen LogP contribution is -2.32. The summed E-state index contributed by atoms with van der Waals surface area (Å²) in [6.45, 7) is 6.57. The van der Waals surface area contributed by atoms with Crippen LogP contribution in [0.5, 0.6) is 0 Å². The highest BCUT2D eigenvalue weighted by molar-refractivity contribution is 5.96. The van der Waals surface area contributed by atoms with Crippen molar-refractivity contribution < 1.29 is 14.7 Å². The third kappa shape index (κ3) is 5.58. The van der Waals surface area contributed by atoms with Crippen molar-refractivity contribution in [2.45, 2.75) is 83.6 Å². The van der Waals surface area contributed by atoms with E-state index in [1.165, 1.54) is 5.56 Å². The Morgan fingerprint density at radius 1 is 1.12 bits per heavy atom.